The molecule has 2 amide bonds. The van der Waals surface area contributed by atoms with Gasteiger partial charge in [-0.05, 0) is 41.8 Å². The molecule has 2 aromatic carbocycles. The smallest absolute Gasteiger partial charge is 0.354 e. The summed E-state index contributed by atoms with van der Waals surface area (Å²) in [5.74, 6) is 5.19. The zero-order valence-corrected chi connectivity index (χ0v) is 29.0. The number of aryl methyl sites for hydroxylation is 1. The van der Waals surface area contributed by atoms with Crippen molar-refractivity contribution < 1.29 is 28.2 Å². The first-order chi connectivity index (χ1) is 24.6. The molecule has 268 valence electrons. The summed E-state index contributed by atoms with van der Waals surface area (Å²) in [5.41, 5.74) is 9.64. The monoisotopic (exact) mass is 698 g/mol. The lowest BCUT2D eigenvalue weighted by Gasteiger charge is -2.35. The molecule has 0 bridgehead atoms. The first-order valence-electron chi connectivity index (χ1n) is 16.8. The molecule has 0 saturated carbocycles. The van der Waals surface area contributed by atoms with Crippen LogP contribution in [0.5, 0.6) is 5.75 Å². The van der Waals surface area contributed by atoms with Crippen LogP contribution in [0.15, 0.2) is 67.1 Å². The van der Waals surface area contributed by atoms with Gasteiger partial charge in [-0.15, -0.1) is 0 Å². The van der Waals surface area contributed by atoms with Crippen molar-refractivity contribution in [2.24, 2.45) is 18.6 Å². The van der Waals surface area contributed by atoms with Crippen LogP contribution in [0.4, 0.5) is 10.1 Å². The van der Waals surface area contributed by atoms with Crippen molar-refractivity contribution >= 4 is 39.9 Å². The minimum Gasteiger partial charge on any atom is -0.496 e. The summed E-state index contributed by atoms with van der Waals surface area (Å²) in [6.45, 7) is 3.00. The van der Waals surface area contributed by atoms with Gasteiger partial charge < -0.3 is 44.5 Å². The Morgan fingerprint density at radius 3 is 2.49 bits per heavy atom. The fourth-order valence-electron chi connectivity index (χ4n) is 6.78. The maximum atomic E-state index is 16.7. The van der Waals surface area contributed by atoms with Crippen molar-refractivity contribution in [3.63, 3.8) is 0 Å². The van der Waals surface area contributed by atoms with Gasteiger partial charge in [-0.1, -0.05) is 24.3 Å². The zero-order valence-electron chi connectivity index (χ0n) is 29.0. The van der Waals surface area contributed by atoms with Crippen molar-refractivity contribution in [1.82, 2.24) is 24.4 Å². The number of piperazine rings is 1. The summed E-state index contributed by atoms with van der Waals surface area (Å²) in [5, 5.41) is 1.89. The highest BCUT2D eigenvalue weighted by Gasteiger charge is 2.28. The molecular weight excluding hydrogens is 655 g/mol. The normalized spacial score (nSPS) is 15.0. The van der Waals surface area contributed by atoms with Gasteiger partial charge in [0.2, 0.25) is 5.91 Å². The molecule has 4 heterocycles. The number of nitrogens with one attached hydrogen (secondary N) is 1. The summed E-state index contributed by atoms with van der Waals surface area (Å²) < 4.78 is 29.0. The van der Waals surface area contributed by atoms with Gasteiger partial charge in [-0.3, -0.25) is 9.59 Å². The number of aromatic nitrogens is 2. The molecule has 4 aromatic rings. The Morgan fingerprint density at radius 2 is 1.76 bits per heavy atom. The predicted octanol–water partition coefficient (Wildman–Crippen LogP) is 3.68. The third-order valence-electron chi connectivity index (χ3n) is 9.51. The van der Waals surface area contributed by atoms with E-state index in [4.69, 9.17) is 21.1 Å². The van der Waals surface area contributed by atoms with E-state index >= 15 is 4.39 Å². The van der Waals surface area contributed by atoms with E-state index in [9.17, 15) is 14.4 Å². The summed E-state index contributed by atoms with van der Waals surface area (Å²) in [7, 11) is 4.71. The Labute approximate surface area is 295 Å². The van der Waals surface area contributed by atoms with Gasteiger partial charge in [0.1, 0.15) is 17.1 Å². The van der Waals surface area contributed by atoms with Crippen molar-refractivity contribution in [3.05, 3.63) is 89.9 Å². The highest BCUT2D eigenvalue weighted by atomic mass is 19.1. The second-order valence-electron chi connectivity index (χ2n) is 12.6. The van der Waals surface area contributed by atoms with Crippen LogP contribution in [0.3, 0.4) is 0 Å². The number of aromatic amines is 1. The first kappa shape index (κ1) is 35.1. The third-order valence-corrected chi connectivity index (χ3v) is 9.51. The molecule has 6 rings (SSSR count). The van der Waals surface area contributed by atoms with Gasteiger partial charge in [-0.2, -0.15) is 0 Å². The molecule has 1 saturated heterocycles. The lowest BCUT2D eigenvalue weighted by molar-refractivity contribution is -0.130. The van der Waals surface area contributed by atoms with Gasteiger partial charge in [-0.25, -0.2) is 15.0 Å². The highest BCUT2D eigenvalue weighted by molar-refractivity contribution is 6.05. The summed E-state index contributed by atoms with van der Waals surface area (Å²) in [4.78, 5) is 47.8. The number of nitrogens with zero attached hydrogens (tertiary/aromatic N) is 5. The third kappa shape index (κ3) is 7.13. The molecule has 5 N–H and O–H groups in total. The largest absolute Gasteiger partial charge is 0.496 e. The number of hydrogen-bond acceptors (Lipinski definition) is 9. The van der Waals surface area contributed by atoms with Gasteiger partial charge >= 0.3 is 5.97 Å². The Morgan fingerprint density at radius 1 is 1.00 bits per heavy atom. The fourth-order valence-corrected chi connectivity index (χ4v) is 6.78. The number of H-pyrrole nitrogens is 1. The second kappa shape index (κ2) is 15.0. The minimum absolute atomic E-state index is 0.100. The topological polar surface area (TPSA) is 155 Å². The lowest BCUT2D eigenvalue weighted by atomic mass is 9.93. The number of para-hydroxylation sites is 1. The van der Waals surface area contributed by atoms with Crippen LogP contribution in [0.2, 0.25) is 0 Å². The molecule has 1 fully saturated rings. The van der Waals surface area contributed by atoms with Crippen LogP contribution in [0.1, 0.15) is 39.4 Å². The van der Waals surface area contributed by atoms with Gasteiger partial charge in [0, 0.05) is 94.4 Å². The molecule has 2 aliphatic heterocycles. The van der Waals surface area contributed by atoms with Gasteiger partial charge in [0.15, 0.2) is 5.82 Å². The van der Waals surface area contributed by atoms with E-state index in [0.717, 1.165) is 11.3 Å². The molecule has 2 aliphatic rings. The van der Waals surface area contributed by atoms with Crippen LogP contribution in [-0.2, 0) is 16.6 Å². The van der Waals surface area contributed by atoms with Crippen LogP contribution in [0, 0.1) is 5.82 Å². The van der Waals surface area contributed by atoms with E-state index in [1.807, 2.05) is 36.5 Å². The molecule has 0 atom stereocenters. The molecule has 13 nitrogen and oxygen atoms in total. The molecule has 0 unspecified atom stereocenters. The van der Waals surface area contributed by atoms with Crippen molar-refractivity contribution in [3.8, 4) is 16.9 Å². The Hall–Kier alpha value is -5.76. The predicted molar refractivity (Wildman–Crippen MR) is 193 cm³/mol. The molecular formula is C37H43FN8O5. The molecule has 0 radical (unpaired) electrons. The Balaban J connectivity index is 1.29. The number of hydrazine groups is 1. The summed E-state index contributed by atoms with van der Waals surface area (Å²) in [6, 6.07) is 12.8. The number of fused-ring (bicyclic) bond motifs is 1. The maximum Gasteiger partial charge on any atom is 0.354 e. The van der Waals surface area contributed by atoms with Gasteiger partial charge in [0.05, 0.1) is 25.4 Å². The number of methoxy groups -OCH3 is 2. The number of esters is 1. The lowest BCUT2D eigenvalue weighted by Crippen LogP contribution is -2.48. The number of rotatable bonds is 10. The Kier molecular flexibility index (Phi) is 10.3. The standard InChI is InChI=1S/C37H43FN8O5/c1-42-23-25(19-31(42)37(49)51-3)43-15-17-44(18-16-43)36(48)30-21-29-28(26-8-4-5-9-32(26)50-2)20-27(34(38)35(29)41-30)24-7-6-12-45(22-24)33(47)10-13-46(40)14-11-39/h4-5,7-9,11,14,19-21,23,41H,6,10,12-13,15-18,22,39-40H2,1-3H3/b14-11-. The zero-order chi connectivity index (χ0) is 36.2. The fraction of sp³-hybridized carbons (Fsp3) is 0.324. The Bertz CT molecular complexity index is 2010. The van der Waals surface area contributed by atoms with Crippen molar-refractivity contribution in [2.75, 3.05) is 64.9 Å². The average molecular weight is 699 g/mol. The summed E-state index contributed by atoms with van der Waals surface area (Å²) >= 11 is 0. The van der Waals surface area contributed by atoms with Crippen LogP contribution >= 0.6 is 0 Å². The number of halogens is 1. The van der Waals surface area contributed by atoms with E-state index in [0.29, 0.717) is 72.7 Å². The minimum atomic E-state index is -0.500. The highest BCUT2D eigenvalue weighted by Crippen LogP contribution is 2.40. The SMILES string of the molecule is COC(=O)c1cc(N2CCN(C(=O)c3cc4c(-c5ccccc5OC)cc(C5=CCCN(C(=O)CCN(N)/C=C\N)C5)c(F)c4[nH]3)CC2)cn1C. The number of benzene rings is 2. The number of ether oxygens (including phenoxy) is 2. The number of anilines is 1. The summed E-state index contributed by atoms with van der Waals surface area (Å²) in [6.07, 6.45) is 7.36. The second-order valence-corrected chi connectivity index (χ2v) is 12.6. The number of carbonyl (C=O) groups is 3. The van der Waals surface area contributed by atoms with E-state index in [-0.39, 0.29) is 42.5 Å². The van der Waals surface area contributed by atoms with E-state index in [1.165, 1.54) is 24.5 Å². The molecule has 14 heteroatoms. The number of nitrogens with two attached hydrogens (primary N) is 2. The molecule has 51 heavy (non-hydrogen) atoms. The average Bonchev–Trinajstić information content (AvgIpc) is 3.78. The van der Waals surface area contributed by atoms with Crippen molar-refractivity contribution in [1.29, 1.82) is 0 Å². The number of carbonyl (C=O) groups excluding carboxylic acids is 3. The van der Waals surface area contributed by atoms with E-state index in [2.05, 4.69) is 9.88 Å². The molecule has 0 aliphatic carbocycles. The number of amides is 2. The van der Waals surface area contributed by atoms with Crippen molar-refractivity contribution in [2.45, 2.75) is 12.8 Å². The van der Waals surface area contributed by atoms with Crippen LogP contribution < -0.4 is 21.2 Å². The molecule has 0 spiro atoms. The van der Waals surface area contributed by atoms with Crippen LogP contribution in [-0.4, -0.2) is 102 Å². The number of hydrogen-bond donors (Lipinski definition) is 3. The maximum absolute atomic E-state index is 16.7. The molecule has 2 aromatic heterocycles. The quantitative estimate of drug-likeness (QED) is 0.128. The first-order valence-corrected chi connectivity index (χ1v) is 16.8. The van der Waals surface area contributed by atoms with Crippen LogP contribution in [0.25, 0.3) is 27.6 Å². The van der Waals surface area contributed by atoms with Gasteiger partial charge in [0.25, 0.3) is 5.91 Å². The van der Waals surface area contributed by atoms with E-state index in [1.54, 1.807) is 46.7 Å². The van der Waals surface area contributed by atoms with E-state index < -0.39 is 11.8 Å².